The predicted molar refractivity (Wildman–Crippen MR) is 45.9 cm³/mol. The van der Waals surface area contributed by atoms with E-state index in [1.165, 1.54) is 13.0 Å². The number of halogens is 3. The van der Waals surface area contributed by atoms with E-state index in [-0.39, 0.29) is 10.6 Å². The monoisotopic (exact) mass is 221 g/mol. The number of hydrogen-bond acceptors (Lipinski definition) is 2. The van der Waals surface area contributed by atoms with Gasteiger partial charge < -0.3 is 5.11 Å². The van der Waals surface area contributed by atoms with E-state index < -0.39 is 23.8 Å². The molecule has 0 bridgehead atoms. The van der Waals surface area contributed by atoms with Gasteiger partial charge in [-0.1, -0.05) is 11.6 Å². The molecule has 76 valence electrons. The number of nitrogens with zero attached hydrogens (tertiary/aromatic N) is 1. The van der Waals surface area contributed by atoms with Crippen molar-refractivity contribution in [3.8, 4) is 0 Å². The van der Waals surface area contributed by atoms with Gasteiger partial charge in [0.1, 0.15) is 5.69 Å². The van der Waals surface area contributed by atoms with Crippen molar-refractivity contribution in [2.45, 2.75) is 13.3 Å². The van der Waals surface area contributed by atoms with Crippen molar-refractivity contribution in [1.29, 1.82) is 0 Å². The summed E-state index contributed by atoms with van der Waals surface area (Å²) in [4.78, 5) is 13.8. The standard InChI is InChI=1S/C8H6ClF2NO2/c1-3-2-4(9)6(8(13)14)12-5(3)7(10)11/h2,7H,1H3,(H,13,14). The molecule has 0 amide bonds. The van der Waals surface area contributed by atoms with E-state index in [2.05, 4.69) is 4.98 Å². The Morgan fingerprint density at radius 3 is 2.64 bits per heavy atom. The van der Waals surface area contributed by atoms with Gasteiger partial charge in [-0.2, -0.15) is 0 Å². The average molecular weight is 222 g/mol. The summed E-state index contributed by atoms with van der Waals surface area (Å²) in [7, 11) is 0. The van der Waals surface area contributed by atoms with E-state index in [0.717, 1.165) is 0 Å². The number of carboxylic acids is 1. The first-order valence-electron chi connectivity index (χ1n) is 3.62. The molecule has 6 heteroatoms. The Labute approximate surface area is 83.3 Å². The summed E-state index contributed by atoms with van der Waals surface area (Å²) >= 11 is 5.51. The van der Waals surface area contributed by atoms with E-state index in [9.17, 15) is 13.6 Å². The highest BCUT2D eigenvalue weighted by molar-refractivity contribution is 6.33. The minimum Gasteiger partial charge on any atom is -0.476 e. The van der Waals surface area contributed by atoms with Crippen LogP contribution in [-0.2, 0) is 0 Å². The lowest BCUT2D eigenvalue weighted by molar-refractivity contribution is 0.0689. The maximum Gasteiger partial charge on any atom is 0.356 e. The number of hydrogen-bond donors (Lipinski definition) is 1. The van der Waals surface area contributed by atoms with Crippen molar-refractivity contribution in [2.24, 2.45) is 0 Å². The maximum absolute atomic E-state index is 12.3. The molecule has 0 spiro atoms. The average Bonchev–Trinajstić information content (AvgIpc) is 2.02. The Balaban J connectivity index is 3.34. The van der Waals surface area contributed by atoms with Crippen LogP contribution in [0.4, 0.5) is 8.78 Å². The molecule has 0 aromatic carbocycles. The first-order chi connectivity index (χ1) is 6.43. The van der Waals surface area contributed by atoms with Crippen LogP contribution in [0.2, 0.25) is 5.02 Å². The van der Waals surface area contributed by atoms with Gasteiger partial charge in [0.15, 0.2) is 5.69 Å². The number of aromatic nitrogens is 1. The molecule has 0 saturated heterocycles. The largest absolute Gasteiger partial charge is 0.476 e. The number of alkyl halides is 2. The molecule has 0 radical (unpaired) electrons. The van der Waals surface area contributed by atoms with Gasteiger partial charge in [0, 0.05) is 0 Å². The van der Waals surface area contributed by atoms with E-state index in [1.807, 2.05) is 0 Å². The highest BCUT2D eigenvalue weighted by atomic mass is 35.5. The minimum atomic E-state index is -2.80. The number of carbonyl (C=O) groups is 1. The molecule has 1 rings (SSSR count). The SMILES string of the molecule is Cc1cc(Cl)c(C(=O)O)nc1C(F)F. The summed E-state index contributed by atoms with van der Waals surface area (Å²) < 4.78 is 24.6. The third kappa shape index (κ3) is 1.98. The highest BCUT2D eigenvalue weighted by Crippen LogP contribution is 2.25. The Morgan fingerprint density at radius 2 is 2.21 bits per heavy atom. The van der Waals surface area contributed by atoms with Crippen LogP contribution in [0.25, 0.3) is 0 Å². The molecule has 0 saturated carbocycles. The summed E-state index contributed by atoms with van der Waals surface area (Å²) in [5.74, 6) is -1.42. The predicted octanol–water partition coefficient (Wildman–Crippen LogP) is 2.68. The highest BCUT2D eigenvalue weighted by Gasteiger charge is 2.18. The lowest BCUT2D eigenvalue weighted by Gasteiger charge is -2.06. The molecule has 0 aliphatic carbocycles. The Kier molecular flexibility index (Phi) is 3.00. The first kappa shape index (κ1) is 10.8. The van der Waals surface area contributed by atoms with Crippen molar-refractivity contribution in [2.75, 3.05) is 0 Å². The fraction of sp³-hybridized carbons (Fsp3) is 0.250. The van der Waals surface area contributed by atoms with Gasteiger partial charge in [0.25, 0.3) is 6.43 Å². The van der Waals surface area contributed by atoms with Gasteiger partial charge in [-0.05, 0) is 18.6 Å². The second-order valence-corrected chi connectivity index (χ2v) is 3.03. The van der Waals surface area contributed by atoms with Crippen LogP contribution < -0.4 is 0 Å². The maximum atomic E-state index is 12.3. The van der Waals surface area contributed by atoms with Crippen molar-refractivity contribution in [3.63, 3.8) is 0 Å². The molecule has 0 aliphatic rings. The van der Waals surface area contributed by atoms with Gasteiger partial charge in [0.05, 0.1) is 5.02 Å². The Morgan fingerprint density at radius 1 is 1.64 bits per heavy atom. The van der Waals surface area contributed by atoms with Crippen molar-refractivity contribution >= 4 is 17.6 Å². The molecule has 1 N–H and O–H groups in total. The van der Waals surface area contributed by atoms with Crippen LogP contribution in [-0.4, -0.2) is 16.1 Å². The van der Waals surface area contributed by atoms with Crippen molar-refractivity contribution in [1.82, 2.24) is 4.98 Å². The zero-order valence-electron chi connectivity index (χ0n) is 7.09. The lowest BCUT2D eigenvalue weighted by Crippen LogP contribution is -2.06. The molecule has 0 fully saturated rings. The molecule has 14 heavy (non-hydrogen) atoms. The summed E-state index contributed by atoms with van der Waals surface area (Å²) in [6.45, 7) is 1.39. The van der Waals surface area contributed by atoms with E-state index in [1.54, 1.807) is 0 Å². The number of pyridine rings is 1. The molecule has 1 aromatic rings. The lowest BCUT2D eigenvalue weighted by atomic mass is 10.2. The van der Waals surface area contributed by atoms with Crippen LogP contribution in [0, 0.1) is 6.92 Å². The van der Waals surface area contributed by atoms with Crippen LogP contribution in [0.5, 0.6) is 0 Å². The zero-order chi connectivity index (χ0) is 10.9. The van der Waals surface area contributed by atoms with Gasteiger partial charge >= 0.3 is 5.97 Å². The molecular weight excluding hydrogens is 216 g/mol. The van der Waals surface area contributed by atoms with Crippen molar-refractivity contribution in [3.05, 3.63) is 28.0 Å². The van der Waals surface area contributed by atoms with E-state index in [0.29, 0.717) is 0 Å². The van der Waals surface area contributed by atoms with Gasteiger partial charge in [-0.3, -0.25) is 0 Å². The van der Waals surface area contributed by atoms with Crippen LogP contribution in [0.1, 0.15) is 28.2 Å². The fourth-order valence-electron chi connectivity index (χ4n) is 0.965. The van der Waals surface area contributed by atoms with Gasteiger partial charge in [0.2, 0.25) is 0 Å². The second-order valence-electron chi connectivity index (χ2n) is 2.63. The Bertz CT molecular complexity index is 382. The molecular formula is C8H6ClF2NO2. The van der Waals surface area contributed by atoms with Crippen LogP contribution >= 0.6 is 11.6 Å². The van der Waals surface area contributed by atoms with Crippen LogP contribution in [0.15, 0.2) is 6.07 Å². The first-order valence-corrected chi connectivity index (χ1v) is 3.99. The summed E-state index contributed by atoms with van der Waals surface area (Å²) in [5, 5.41) is 8.43. The quantitative estimate of drug-likeness (QED) is 0.835. The molecule has 0 aliphatic heterocycles. The molecule has 3 nitrogen and oxygen atoms in total. The second kappa shape index (κ2) is 3.88. The van der Waals surface area contributed by atoms with E-state index >= 15 is 0 Å². The van der Waals surface area contributed by atoms with Gasteiger partial charge in [-0.25, -0.2) is 18.6 Å². The third-order valence-electron chi connectivity index (χ3n) is 1.62. The summed E-state index contributed by atoms with van der Waals surface area (Å²) in [5.41, 5.74) is -0.922. The number of rotatable bonds is 2. The summed E-state index contributed by atoms with van der Waals surface area (Å²) in [6.07, 6.45) is -2.80. The van der Waals surface area contributed by atoms with Crippen LogP contribution in [0.3, 0.4) is 0 Å². The molecule has 0 unspecified atom stereocenters. The fourth-order valence-corrected chi connectivity index (χ4v) is 1.25. The smallest absolute Gasteiger partial charge is 0.356 e. The van der Waals surface area contributed by atoms with Crippen molar-refractivity contribution < 1.29 is 18.7 Å². The summed E-state index contributed by atoms with van der Waals surface area (Å²) in [6, 6.07) is 1.17. The number of aromatic carboxylic acids is 1. The third-order valence-corrected chi connectivity index (χ3v) is 1.90. The zero-order valence-corrected chi connectivity index (χ0v) is 7.85. The van der Waals surface area contributed by atoms with Gasteiger partial charge in [-0.15, -0.1) is 0 Å². The number of aryl methyl sites for hydroxylation is 1. The van der Waals surface area contributed by atoms with E-state index in [4.69, 9.17) is 16.7 Å². The number of carboxylic acid groups (broad SMARTS) is 1. The molecule has 1 aromatic heterocycles. The topological polar surface area (TPSA) is 50.2 Å². The molecule has 0 atom stereocenters. The normalized spacial score (nSPS) is 10.6. The Hall–Kier alpha value is -1.23. The molecule has 1 heterocycles. The minimum absolute atomic E-state index is 0.139.